The second-order valence-electron chi connectivity index (χ2n) is 3.24. The van der Waals surface area contributed by atoms with Gasteiger partial charge in [0.15, 0.2) is 5.78 Å². The van der Waals surface area contributed by atoms with Crippen LogP contribution in [0, 0.1) is 0 Å². The minimum atomic E-state index is 0.176. The molecule has 2 nitrogen and oxygen atoms in total. The quantitative estimate of drug-likeness (QED) is 0.694. The van der Waals surface area contributed by atoms with Gasteiger partial charge in [0.05, 0.1) is 11.0 Å². The molecule has 0 radical (unpaired) electrons. The van der Waals surface area contributed by atoms with Crippen LogP contribution in [-0.2, 0) is 4.74 Å². The molecule has 1 saturated heterocycles. The van der Waals surface area contributed by atoms with Crippen molar-refractivity contribution in [2.45, 2.75) is 25.4 Å². The topological polar surface area (TPSA) is 26.3 Å². The lowest BCUT2D eigenvalue weighted by Crippen LogP contribution is -2.11. The molecular formula is C10H12O2S. The van der Waals surface area contributed by atoms with Gasteiger partial charge in [-0.15, -0.1) is 11.3 Å². The molecule has 1 fully saturated rings. The summed E-state index contributed by atoms with van der Waals surface area (Å²) in [5, 5.41) is 1.93. The van der Waals surface area contributed by atoms with Crippen LogP contribution in [0.25, 0.3) is 0 Å². The van der Waals surface area contributed by atoms with E-state index in [1.165, 1.54) is 11.3 Å². The van der Waals surface area contributed by atoms with Gasteiger partial charge in [-0.1, -0.05) is 6.07 Å². The highest BCUT2D eigenvalue weighted by Crippen LogP contribution is 2.19. The lowest BCUT2D eigenvalue weighted by Gasteiger charge is -2.06. The van der Waals surface area contributed by atoms with Gasteiger partial charge in [-0.3, -0.25) is 4.79 Å². The molecule has 0 aliphatic carbocycles. The molecule has 1 atom stereocenters. The third-order valence-electron chi connectivity index (χ3n) is 2.23. The summed E-state index contributed by atoms with van der Waals surface area (Å²) < 4.78 is 5.41. The lowest BCUT2D eigenvalue weighted by atomic mass is 10.1. The summed E-state index contributed by atoms with van der Waals surface area (Å²) in [7, 11) is 0. The molecule has 1 aliphatic heterocycles. The number of rotatable bonds is 3. The Bertz CT molecular complexity index is 273. The first kappa shape index (κ1) is 8.91. The molecule has 0 amide bonds. The second-order valence-corrected chi connectivity index (χ2v) is 4.19. The Balaban J connectivity index is 1.91. The fourth-order valence-electron chi connectivity index (χ4n) is 1.55. The van der Waals surface area contributed by atoms with Crippen molar-refractivity contribution in [1.82, 2.24) is 0 Å². The highest BCUT2D eigenvalue weighted by Gasteiger charge is 2.20. The van der Waals surface area contributed by atoms with Crippen molar-refractivity contribution < 1.29 is 9.53 Å². The van der Waals surface area contributed by atoms with E-state index in [0.717, 1.165) is 24.3 Å². The zero-order valence-electron chi connectivity index (χ0n) is 7.36. The SMILES string of the molecule is O=C(CC1CCCO1)c1cccs1. The van der Waals surface area contributed by atoms with E-state index in [4.69, 9.17) is 4.74 Å². The molecule has 1 aliphatic rings. The van der Waals surface area contributed by atoms with Crippen molar-refractivity contribution >= 4 is 17.1 Å². The molecule has 1 aromatic heterocycles. The minimum absolute atomic E-state index is 0.176. The average molecular weight is 196 g/mol. The number of hydrogen-bond acceptors (Lipinski definition) is 3. The first-order valence-electron chi connectivity index (χ1n) is 4.54. The zero-order valence-corrected chi connectivity index (χ0v) is 8.18. The van der Waals surface area contributed by atoms with Gasteiger partial charge >= 0.3 is 0 Å². The van der Waals surface area contributed by atoms with Crippen LogP contribution in [0.15, 0.2) is 17.5 Å². The Hall–Kier alpha value is -0.670. The Kier molecular flexibility index (Phi) is 2.76. The molecule has 70 valence electrons. The fourth-order valence-corrected chi connectivity index (χ4v) is 2.23. The third kappa shape index (κ3) is 2.17. The number of thiophene rings is 1. The molecular weight excluding hydrogens is 184 g/mol. The van der Waals surface area contributed by atoms with E-state index >= 15 is 0 Å². The summed E-state index contributed by atoms with van der Waals surface area (Å²) in [5.41, 5.74) is 0. The molecule has 1 aromatic rings. The van der Waals surface area contributed by atoms with Crippen LogP contribution in [0.5, 0.6) is 0 Å². The number of hydrogen-bond donors (Lipinski definition) is 0. The van der Waals surface area contributed by atoms with E-state index in [1.807, 2.05) is 17.5 Å². The van der Waals surface area contributed by atoms with Gasteiger partial charge in [0, 0.05) is 13.0 Å². The van der Waals surface area contributed by atoms with E-state index in [1.54, 1.807) is 0 Å². The average Bonchev–Trinajstić information content (AvgIpc) is 2.74. The van der Waals surface area contributed by atoms with Gasteiger partial charge in [0.1, 0.15) is 0 Å². The molecule has 2 rings (SSSR count). The highest BCUT2D eigenvalue weighted by atomic mass is 32.1. The van der Waals surface area contributed by atoms with Crippen LogP contribution >= 0.6 is 11.3 Å². The van der Waals surface area contributed by atoms with Gasteiger partial charge in [0.25, 0.3) is 0 Å². The molecule has 0 aromatic carbocycles. The summed E-state index contributed by atoms with van der Waals surface area (Å²) in [5.74, 6) is 0.224. The van der Waals surface area contributed by atoms with E-state index in [2.05, 4.69) is 0 Å². The number of ether oxygens (including phenoxy) is 1. The maximum Gasteiger partial charge on any atom is 0.175 e. The predicted molar refractivity (Wildman–Crippen MR) is 52.2 cm³/mol. The third-order valence-corrected chi connectivity index (χ3v) is 3.14. The minimum Gasteiger partial charge on any atom is -0.378 e. The summed E-state index contributed by atoms with van der Waals surface area (Å²) >= 11 is 1.51. The molecule has 13 heavy (non-hydrogen) atoms. The van der Waals surface area contributed by atoms with Crippen LogP contribution in [0.1, 0.15) is 28.9 Å². The zero-order chi connectivity index (χ0) is 9.10. The smallest absolute Gasteiger partial charge is 0.175 e. The van der Waals surface area contributed by atoms with Gasteiger partial charge in [0.2, 0.25) is 0 Å². The Labute approximate surface area is 81.5 Å². The standard InChI is InChI=1S/C10H12O2S/c11-9(10-4-2-6-13-10)7-8-3-1-5-12-8/h2,4,6,8H,1,3,5,7H2. The Morgan fingerprint density at radius 1 is 1.69 bits per heavy atom. The molecule has 0 bridgehead atoms. The molecule has 0 saturated carbocycles. The number of ketones is 1. The summed E-state index contributed by atoms with van der Waals surface area (Å²) in [6.07, 6.45) is 2.87. The lowest BCUT2D eigenvalue weighted by molar-refractivity contribution is 0.0779. The van der Waals surface area contributed by atoms with Gasteiger partial charge in [-0.25, -0.2) is 0 Å². The maximum atomic E-state index is 11.6. The van der Waals surface area contributed by atoms with E-state index < -0.39 is 0 Å². The second kappa shape index (κ2) is 4.03. The van der Waals surface area contributed by atoms with Crippen molar-refractivity contribution in [2.24, 2.45) is 0 Å². The summed E-state index contributed by atoms with van der Waals surface area (Å²) in [4.78, 5) is 12.4. The first-order valence-corrected chi connectivity index (χ1v) is 5.42. The summed E-state index contributed by atoms with van der Waals surface area (Å²) in [6, 6.07) is 3.79. The van der Waals surface area contributed by atoms with E-state index in [9.17, 15) is 4.79 Å². The van der Waals surface area contributed by atoms with E-state index in [0.29, 0.717) is 6.42 Å². The number of carbonyl (C=O) groups excluding carboxylic acids is 1. The molecule has 0 spiro atoms. The van der Waals surface area contributed by atoms with Crippen LogP contribution in [0.2, 0.25) is 0 Å². The largest absolute Gasteiger partial charge is 0.378 e. The van der Waals surface area contributed by atoms with Crippen LogP contribution in [-0.4, -0.2) is 18.5 Å². The monoisotopic (exact) mass is 196 g/mol. The van der Waals surface area contributed by atoms with Crippen molar-refractivity contribution in [3.8, 4) is 0 Å². The Morgan fingerprint density at radius 2 is 2.62 bits per heavy atom. The molecule has 0 N–H and O–H groups in total. The van der Waals surface area contributed by atoms with E-state index in [-0.39, 0.29) is 11.9 Å². The highest BCUT2D eigenvalue weighted by molar-refractivity contribution is 7.12. The molecule has 1 unspecified atom stereocenters. The first-order chi connectivity index (χ1) is 6.36. The molecule has 2 heterocycles. The molecule has 3 heteroatoms. The maximum absolute atomic E-state index is 11.6. The van der Waals surface area contributed by atoms with Gasteiger partial charge in [-0.05, 0) is 24.3 Å². The van der Waals surface area contributed by atoms with Crippen molar-refractivity contribution in [1.29, 1.82) is 0 Å². The van der Waals surface area contributed by atoms with Gasteiger partial charge in [-0.2, -0.15) is 0 Å². The number of Topliss-reactive ketones (excluding diaryl/α,β-unsaturated/α-hetero) is 1. The van der Waals surface area contributed by atoms with Crippen molar-refractivity contribution in [3.63, 3.8) is 0 Å². The predicted octanol–water partition coefficient (Wildman–Crippen LogP) is 2.50. The fraction of sp³-hybridized carbons (Fsp3) is 0.500. The van der Waals surface area contributed by atoms with Crippen molar-refractivity contribution in [3.05, 3.63) is 22.4 Å². The van der Waals surface area contributed by atoms with Gasteiger partial charge < -0.3 is 4.74 Å². The van der Waals surface area contributed by atoms with Crippen LogP contribution in [0.3, 0.4) is 0 Å². The number of carbonyl (C=O) groups is 1. The van der Waals surface area contributed by atoms with Crippen LogP contribution in [0.4, 0.5) is 0 Å². The Morgan fingerprint density at radius 3 is 3.23 bits per heavy atom. The normalized spacial score (nSPS) is 22.0. The summed E-state index contributed by atoms with van der Waals surface area (Å²) in [6.45, 7) is 0.822. The van der Waals surface area contributed by atoms with Crippen molar-refractivity contribution in [2.75, 3.05) is 6.61 Å². The van der Waals surface area contributed by atoms with Crippen LogP contribution < -0.4 is 0 Å².